The van der Waals surface area contributed by atoms with Gasteiger partial charge in [-0.2, -0.15) is 0 Å². The summed E-state index contributed by atoms with van der Waals surface area (Å²) in [6, 6.07) is 7.32. The number of anilines is 1. The van der Waals surface area contributed by atoms with E-state index in [1.807, 2.05) is 6.92 Å². The van der Waals surface area contributed by atoms with Crippen LogP contribution in [0.2, 0.25) is 0 Å². The van der Waals surface area contributed by atoms with Gasteiger partial charge in [0.25, 0.3) is 5.56 Å². The molecule has 0 spiro atoms. The van der Waals surface area contributed by atoms with E-state index < -0.39 is 0 Å². The quantitative estimate of drug-likeness (QED) is 0.916. The Kier molecular flexibility index (Phi) is 3.85. The number of hydrogen-bond acceptors (Lipinski definition) is 3. The van der Waals surface area contributed by atoms with Crippen molar-refractivity contribution in [3.05, 3.63) is 58.3 Å². The fourth-order valence-electron chi connectivity index (χ4n) is 1.71. The lowest BCUT2D eigenvalue weighted by atomic mass is 10.2. The van der Waals surface area contributed by atoms with Crippen LogP contribution >= 0.6 is 0 Å². The lowest BCUT2D eigenvalue weighted by Crippen LogP contribution is -2.22. The third kappa shape index (κ3) is 3.34. The summed E-state index contributed by atoms with van der Waals surface area (Å²) >= 11 is 0. The van der Waals surface area contributed by atoms with Crippen molar-refractivity contribution in [3.63, 3.8) is 0 Å². The Morgan fingerprint density at radius 3 is 2.89 bits per heavy atom. The number of nitrogens with zero attached hydrogens (tertiary/aromatic N) is 1. The van der Waals surface area contributed by atoms with Gasteiger partial charge in [0.1, 0.15) is 18.2 Å². The van der Waals surface area contributed by atoms with Gasteiger partial charge in [-0.3, -0.25) is 4.79 Å². The monoisotopic (exact) mass is 262 g/mol. The van der Waals surface area contributed by atoms with Gasteiger partial charge in [0.15, 0.2) is 0 Å². The predicted molar refractivity (Wildman–Crippen MR) is 71.7 cm³/mol. The average molecular weight is 262 g/mol. The number of halogens is 1. The minimum Gasteiger partial charge on any atom is -0.491 e. The van der Waals surface area contributed by atoms with Crippen LogP contribution in [-0.2, 0) is 6.54 Å². The lowest BCUT2D eigenvalue weighted by molar-refractivity contribution is 0.293. The molecule has 0 unspecified atom stereocenters. The molecule has 5 heteroatoms. The number of benzene rings is 1. The number of nitrogen functional groups attached to an aromatic ring is 1. The first kappa shape index (κ1) is 13.1. The molecule has 0 saturated carbocycles. The first-order valence-corrected chi connectivity index (χ1v) is 5.91. The maximum Gasteiger partial charge on any atom is 0.250 e. The van der Waals surface area contributed by atoms with Crippen LogP contribution in [0.4, 0.5) is 10.1 Å². The van der Waals surface area contributed by atoms with E-state index >= 15 is 0 Å². The summed E-state index contributed by atoms with van der Waals surface area (Å²) in [7, 11) is 0. The normalized spacial score (nSPS) is 10.4. The number of pyridine rings is 1. The van der Waals surface area contributed by atoms with E-state index in [1.54, 1.807) is 18.3 Å². The highest BCUT2D eigenvalue weighted by molar-refractivity contribution is 5.34. The van der Waals surface area contributed by atoms with Gasteiger partial charge < -0.3 is 15.0 Å². The lowest BCUT2D eigenvalue weighted by Gasteiger charge is -2.10. The molecule has 2 N–H and O–H groups in total. The van der Waals surface area contributed by atoms with Gasteiger partial charge in [0, 0.05) is 24.0 Å². The summed E-state index contributed by atoms with van der Waals surface area (Å²) in [5, 5.41) is 0. The van der Waals surface area contributed by atoms with Gasteiger partial charge in [-0.25, -0.2) is 4.39 Å². The molecule has 0 atom stereocenters. The maximum atomic E-state index is 13.1. The van der Waals surface area contributed by atoms with Gasteiger partial charge >= 0.3 is 0 Å². The molecule has 1 heterocycles. The second-order valence-corrected chi connectivity index (χ2v) is 4.25. The van der Waals surface area contributed by atoms with Crippen molar-refractivity contribution in [1.82, 2.24) is 4.57 Å². The molecular weight excluding hydrogens is 247 g/mol. The zero-order chi connectivity index (χ0) is 13.8. The fraction of sp³-hybridized carbons (Fsp3) is 0.214. The van der Waals surface area contributed by atoms with E-state index in [4.69, 9.17) is 10.5 Å². The summed E-state index contributed by atoms with van der Waals surface area (Å²) in [5.41, 5.74) is 6.82. The smallest absolute Gasteiger partial charge is 0.250 e. The molecule has 0 fully saturated rings. The van der Waals surface area contributed by atoms with Crippen molar-refractivity contribution in [3.8, 4) is 5.75 Å². The fourth-order valence-corrected chi connectivity index (χ4v) is 1.71. The van der Waals surface area contributed by atoms with E-state index in [2.05, 4.69) is 0 Å². The zero-order valence-electron chi connectivity index (χ0n) is 10.6. The average Bonchev–Trinajstić information content (AvgIpc) is 2.38. The highest BCUT2D eigenvalue weighted by Gasteiger charge is 2.02. The highest BCUT2D eigenvalue weighted by Crippen LogP contribution is 2.18. The van der Waals surface area contributed by atoms with E-state index in [-0.39, 0.29) is 18.0 Å². The Labute approximate surface area is 110 Å². The summed E-state index contributed by atoms with van der Waals surface area (Å²) in [4.78, 5) is 11.5. The van der Waals surface area contributed by atoms with Crippen molar-refractivity contribution in [2.24, 2.45) is 0 Å². The van der Waals surface area contributed by atoms with Crippen LogP contribution in [0.25, 0.3) is 0 Å². The van der Waals surface area contributed by atoms with Gasteiger partial charge in [-0.1, -0.05) is 6.07 Å². The summed E-state index contributed by atoms with van der Waals surface area (Å²) in [6.07, 6.45) is 1.56. The summed E-state index contributed by atoms with van der Waals surface area (Å²) in [6.45, 7) is 2.47. The van der Waals surface area contributed by atoms with E-state index in [0.717, 1.165) is 5.56 Å². The Hall–Kier alpha value is -2.30. The molecule has 100 valence electrons. The van der Waals surface area contributed by atoms with Gasteiger partial charge in [-0.15, -0.1) is 0 Å². The standard InChI is InChI=1S/C14H15FN2O2/c1-10-2-3-11(15)8-13(10)19-7-6-17-9-12(16)4-5-14(17)18/h2-5,8-9H,6-7,16H2,1H3. The van der Waals surface area contributed by atoms with Crippen molar-refractivity contribution < 1.29 is 9.13 Å². The van der Waals surface area contributed by atoms with Crippen molar-refractivity contribution in [2.45, 2.75) is 13.5 Å². The molecule has 0 saturated heterocycles. The Morgan fingerprint density at radius 1 is 1.32 bits per heavy atom. The van der Waals surface area contributed by atoms with Gasteiger partial charge in [0.05, 0.1) is 6.54 Å². The second-order valence-electron chi connectivity index (χ2n) is 4.25. The third-order valence-corrected chi connectivity index (χ3v) is 2.75. The topological polar surface area (TPSA) is 57.2 Å². The molecule has 0 aliphatic heterocycles. The number of ether oxygens (including phenoxy) is 1. The minimum absolute atomic E-state index is 0.145. The highest BCUT2D eigenvalue weighted by atomic mass is 19.1. The molecule has 4 nitrogen and oxygen atoms in total. The van der Waals surface area contributed by atoms with Crippen LogP contribution in [0, 0.1) is 12.7 Å². The van der Waals surface area contributed by atoms with Crippen molar-refractivity contribution in [1.29, 1.82) is 0 Å². The molecule has 0 aliphatic carbocycles. The SMILES string of the molecule is Cc1ccc(F)cc1OCCn1cc(N)ccc1=O. The number of aryl methyl sites for hydroxylation is 1. The molecule has 0 amide bonds. The molecule has 1 aromatic heterocycles. The van der Waals surface area contributed by atoms with Crippen LogP contribution in [-0.4, -0.2) is 11.2 Å². The van der Waals surface area contributed by atoms with Gasteiger partial charge in [-0.05, 0) is 24.6 Å². The number of hydrogen-bond donors (Lipinski definition) is 1. The molecule has 2 rings (SSSR count). The third-order valence-electron chi connectivity index (χ3n) is 2.75. The van der Waals surface area contributed by atoms with E-state index in [1.165, 1.54) is 22.8 Å². The van der Waals surface area contributed by atoms with E-state index in [9.17, 15) is 9.18 Å². The number of nitrogens with two attached hydrogens (primary N) is 1. The molecule has 19 heavy (non-hydrogen) atoms. The molecule has 0 aliphatic rings. The minimum atomic E-state index is -0.346. The van der Waals surface area contributed by atoms with Crippen molar-refractivity contribution >= 4 is 5.69 Å². The number of aromatic nitrogens is 1. The molecule has 1 aromatic carbocycles. The second kappa shape index (κ2) is 5.56. The largest absolute Gasteiger partial charge is 0.491 e. The van der Waals surface area contributed by atoms with Crippen LogP contribution in [0.3, 0.4) is 0 Å². The number of rotatable bonds is 4. The Morgan fingerprint density at radius 2 is 2.11 bits per heavy atom. The molecule has 2 aromatic rings. The maximum absolute atomic E-state index is 13.1. The molecule has 0 bridgehead atoms. The first-order chi connectivity index (χ1) is 9.06. The van der Waals surface area contributed by atoms with Crippen LogP contribution in [0.1, 0.15) is 5.56 Å². The predicted octanol–water partition coefficient (Wildman–Crippen LogP) is 1.96. The molecular formula is C14H15FN2O2. The van der Waals surface area contributed by atoms with Crippen LogP contribution < -0.4 is 16.0 Å². The van der Waals surface area contributed by atoms with Crippen molar-refractivity contribution in [2.75, 3.05) is 12.3 Å². The Bertz CT molecular complexity index is 638. The first-order valence-electron chi connectivity index (χ1n) is 5.91. The Balaban J connectivity index is 2.02. The van der Waals surface area contributed by atoms with E-state index in [0.29, 0.717) is 18.0 Å². The van der Waals surface area contributed by atoms with Gasteiger partial charge in [0.2, 0.25) is 0 Å². The van der Waals surface area contributed by atoms with Crippen LogP contribution in [0.5, 0.6) is 5.75 Å². The summed E-state index contributed by atoms with van der Waals surface area (Å²) in [5.74, 6) is 0.138. The summed E-state index contributed by atoms with van der Waals surface area (Å²) < 4.78 is 20.0. The molecule has 0 radical (unpaired) electrons. The zero-order valence-corrected chi connectivity index (χ0v) is 10.6. The van der Waals surface area contributed by atoms with Crippen LogP contribution in [0.15, 0.2) is 41.3 Å².